The quantitative estimate of drug-likeness (QED) is 0.549. The van der Waals surface area contributed by atoms with E-state index in [4.69, 9.17) is 16.0 Å². The van der Waals surface area contributed by atoms with Gasteiger partial charge in [0.1, 0.15) is 15.6 Å². The van der Waals surface area contributed by atoms with Crippen molar-refractivity contribution in [3.63, 3.8) is 0 Å². The van der Waals surface area contributed by atoms with E-state index < -0.39 is 29.8 Å². The van der Waals surface area contributed by atoms with Gasteiger partial charge >= 0.3 is 0 Å². The Bertz CT molecular complexity index is 591. The average Bonchev–Trinajstić information content (AvgIpc) is 2.00. The number of pyridine rings is 1. The minimum absolute atomic E-state index is 0.384. The van der Waals surface area contributed by atoms with Gasteiger partial charge in [-0.05, 0) is 6.07 Å². The van der Waals surface area contributed by atoms with Crippen molar-refractivity contribution >= 4 is 25.9 Å². The Morgan fingerprint density at radius 3 is 2.00 bits per heavy atom. The zero-order valence-corrected chi connectivity index (χ0v) is 8.92. The Hall–Kier alpha value is -1.23. The van der Waals surface area contributed by atoms with E-state index in [0.717, 1.165) is 12.3 Å². The zero-order chi connectivity index (χ0) is 11.9. The minimum atomic E-state index is -4.12. The molecule has 0 fully saturated rings. The van der Waals surface area contributed by atoms with Gasteiger partial charge in [-0.3, -0.25) is 0 Å². The van der Waals surface area contributed by atoms with Gasteiger partial charge in [0.25, 0.3) is 0 Å². The molecule has 0 saturated carbocycles. The first-order valence-electron chi connectivity index (χ1n) is 3.43. The molecule has 0 aliphatic carbocycles. The lowest BCUT2D eigenvalue weighted by atomic mass is 10.5. The summed E-state index contributed by atoms with van der Waals surface area (Å²) in [5.74, 6) is -0.384. The highest BCUT2D eigenvalue weighted by atomic mass is 32.2. The number of aromatic nitrogens is 1. The van der Waals surface area contributed by atoms with E-state index in [0.29, 0.717) is 0 Å². The first-order valence-corrected chi connectivity index (χ1v) is 6.53. The largest absolute Gasteiger partial charge is 0.383 e. The number of sulfonamides is 2. The van der Waals surface area contributed by atoms with Crippen LogP contribution in [0.5, 0.6) is 0 Å². The van der Waals surface area contributed by atoms with Crippen LogP contribution in [0.4, 0.5) is 5.82 Å². The Labute approximate surface area is 86.2 Å². The summed E-state index contributed by atoms with van der Waals surface area (Å²) in [6.07, 6.45) is 0.847. The number of nitrogens with zero attached hydrogens (tertiary/aromatic N) is 1. The van der Waals surface area contributed by atoms with Crippen LogP contribution in [0.25, 0.3) is 0 Å². The van der Waals surface area contributed by atoms with Crippen molar-refractivity contribution in [2.45, 2.75) is 9.79 Å². The third-order valence-electron chi connectivity index (χ3n) is 1.49. The summed E-state index contributed by atoms with van der Waals surface area (Å²) in [7, 11) is -8.16. The van der Waals surface area contributed by atoms with Crippen LogP contribution >= 0.6 is 0 Å². The predicted molar refractivity (Wildman–Crippen MR) is 51.4 cm³/mol. The molecule has 0 spiro atoms. The van der Waals surface area contributed by atoms with E-state index >= 15 is 0 Å². The van der Waals surface area contributed by atoms with Gasteiger partial charge in [0.15, 0.2) is 0 Å². The number of rotatable bonds is 2. The summed E-state index contributed by atoms with van der Waals surface area (Å²) in [5, 5.41) is 9.56. The van der Waals surface area contributed by atoms with Crippen molar-refractivity contribution < 1.29 is 16.8 Å². The molecule has 1 rings (SSSR count). The standard InChI is InChI=1S/C5H8N4O4S2/c6-5-4(15(8,12)13)1-3(2-9-5)14(7,10)11/h1-2H,(H2,6,9)(H2,7,10,11)(H2,8,12,13). The maximum absolute atomic E-state index is 11.0. The van der Waals surface area contributed by atoms with E-state index in [1.165, 1.54) is 0 Å². The first-order chi connectivity index (χ1) is 6.62. The van der Waals surface area contributed by atoms with Gasteiger partial charge in [0, 0.05) is 6.20 Å². The zero-order valence-electron chi connectivity index (χ0n) is 7.28. The number of nitrogen functional groups attached to an aromatic ring is 1. The van der Waals surface area contributed by atoms with Crippen molar-refractivity contribution in [3.8, 4) is 0 Å². The molecule has 8 nitrogen and oxygen atoms in total. The smallest absolute Gasteiger partial charge is 0.241 e. The van der Waals surface area contributed by atoms with E-state index in [1.54, 1.807) is 0 Å². The molecule has 1 aromatic heterocycles. The molecular formula is C5H8N4O4S2. The Kier molecular flexibility index (Phi) is 2.69. The van der Waals surface area contributed by atoms with Gasteiger partial charge in [-0.15, -0.1) is 0 Å². The van der Waals surface area contributed by atoms with Crippen LogP contribution in [0.15, 0.2) is 22.1 Å². The van der Waals surface area contributed by atoms with Gasteiger partial charge < -0.3 is 5.73 Å². The van der Waals surface area contributed by atoms with E-state index in [2.05, 4.69) is 4.98 Å². The maximum Gasteiger partial charge on any atom is 0.241 e. The second-order valence-electron chi connectivity index (χ2n) is 2.64. The first kappa shape index (κ1) is 11.8. The lowest BCUT2D eigenvalue weighted by Crippen LogP contribution is -2.18. The van der Waals surface area contributed by atoms with Gasteiger partial charge in [-0.25, -0.2) is 32.1 Å². The molecule has 0 aliphatic heterocycles. The second kappa shape index (κ2) is 3.41. The third kappa shape index (κ3) is 2.62. The maximum atomic E-state index is 11.0. The van der Waals surface area contributed by atoms with Crippen molar-refractivity contribution in [1.82, 2.24) is 4.98 Å². The van der Waals surface area contributed by atoms with Crippen molar-refractivity contribution in [2.24, 2.45) is 10.3 Å². The molecule has 0 aliphatic rings. The van der Waals surface area contributed by atoms with Gasteiger partial charge in [0.2, 0.25) is 20.0 Å². The average molecular weight is 252 g/mol. The highest BCUT2D eigenvalue weighted by Crippen LogP contribution is 2.17. The van der Waals surface area contributed by atoms with E-state index in [9.17, 15) is 16.8 Å². The third-order valence-corrected chi connectivity index (χ3v) is 3.31. The SMILES string of the molecule is Nc1ncc(S(N)(=O)=O)cc1S(N)(=O)=O. The fourth-order valence-electron chi connectivity index (χ4n) is 0.821. The fraction of sp³-hybridized carbons (Fsp3) is 0. The van der Waals surface area contributed by atoms with E-state index in [-0.39, 0.29) is 5.82 Å². The summed E-state index contributed by atoms with van der Waals surface area (Å²) in [4.78, 5) is 2.32. The van der Waals surface area contributed by atoms with Crippen molar-refractivity contribution in [2.75, 3.05) is 5.73 Å². The van der Waals surface area contributed by atoms with Gasteiger partial charge in [0.05, 0.1) is 0 Å². The van der Waals surface area contributed by atoms with E-state index in [1.807, 2.05) is 0 Å². The van der Waals surface area contributed by atoms with Crippen LogP contribution in [-0.2, 0) is 20.0 Å². The van der Waals surface area contributed by atoms with Gasteiger partial charge in [-0.1, -0.05) is 0 Å². The fourth-order valence-corrected chi connectivity index (χ4v) is 2.01. The normalized spacial score (nSPS) is 12.7. The number of primary sulfonamides is 2. The van der Waals surface area contributed by atoms with Crippen LogP contribution in [0.2, 0.25) is 0 Å². The number of hydrogen-bond acceptors (Lipinski definition) is 6. The molecule has 1 aromatic rings. The van der Waals surface area contributed by atoms with Crippen LogP contribution in [-0.4, -0.2) is 21.8 Å². The lowest BCUT2D eigenvalue weighted by molar-refractivity contribution is 0.595. The molecule has 10 heteroatoms. The van der Waals surface area contributed by atoms with Crippen LogP contribution < -0.4 is 16.0 Å². The van der Waals surface area contributed by atoms with Gasteiger partial charge in [-0.2, -0.15) is 0 Å². The molecule has 1 heterocycles. The summed E-state index contributed by atoms with van der Waals surface area (Å²) in [6, 6.07) is 0.757. The molecule has 6 N–H and O–H groups in total. The lowest BCUT2D eigenvalue weighted by Gasteiger charge is -2.03. The highest BCUT2D eigenvalue weighted by molar-refractivity contribution is 7.90. The Balaban J connectivity index is 3.57. The summed E-state index contributed by atoms with van der Waals surface area (Å²) >= 11 is 0. The molecule has 15 heavy (non-hydrogen) atoms. The molecular weight excluding hydrogens is 244 g/mol. The van der Waals surface area contributed by atoms with Crippen LogP contribution in [0.1, 0.15) is 0 Å². The number of hydrogen-bond donors (Lipinski definition) is 3. The van der Waals surface area contributed by atoms with Crippen molar-refractivity contribution in [1.29, 1.82) is 0 Å². The van der Waals surface area contributed by atoms with Crippen molar-refractivity contribution in [3.05, 3.63) is 12.3 Å². The summed E-state index contributed by atoms with van der Waals surface area (Å²) < 4.78 is 43.7. The van der Waals surface area contributed by atoms with Crippen LogP contribution in [0.3, 0.4) is 0 Å². The number of nitrogens with two attached hydrogens (primary N) is 3. The molecule has 0 amide bonds. The summed E-state index contributed by atoms with van der Waals surface area (Å²) in [5.41, 5.74) is 5.21. The topological polar surface area (TPSA) is 159 Å². The Morgan fingerprint density at radius 2 is 1.60 bits per heavy atom. The highest BCUT2D eigenvalue weighted by Gasteiger charge is 2.18. The molecule has 0 bridgehead atoms. The predicted octanol–water partition coefficient (Wildman–Crippen LogP) is -2.04. The molecule has 0 radical (unpaired) electrons. The summed E-state index contributed by atoms with van der Waals surface area (Å²) in [6.45, 7) is 0. The molecule has 0 unspecified atom stereocenters. The molecule has 0 aromatic carbocycles. The molecule has 84 valence electrons. The minimum Gasteiger partial charge on any atom is -0.383 e. The second-order valence-corrected chi connectivity index (χ2v) is 5.74. The number of anilines is 1. The van der Waals surface area contributed by atoms with Crippen LogP contribution in [0, 0.1) is 0 Å². The Morgan fingerprint density at radius 1 is 1.07 bits per heavy atom. The molecule has 0 saturated heterocycles. The monoisotopic (exact) mass is 252 g/mol. The molecule has 0 atom stereocenters.